The average molecular weight is 387 g/mol. The van der Waals surface area contributed by atoms with Gasteiger partial charge < -0.3 is 10.1 Å². The summed E-state index contributed by atoms with van der Waals surface area (Å²) in [5.74, 6) is 0.0771. The lowest BCUT2D eigenvalue weighted by atomic mass is 10.2. The molecule has 0 spiro atoms. The van der Waals surface area contributed by atoms with Gasteiger partial charge in [0.2, 0.25) is 0 Å². The second-order valence-electron chi connectivity index (χ2n) is 5.77. The Bertz CT molecular complexity index is 826. The first-order chi connectivity index (χ1) is 13.0. The standard InChI is InChI=1S/C19H21N3O4S/c1-2-3-6-12-26-17-11-5-4-10-16(17)18(23)21-19(27)20-14-8-7-9-15(13-14)22(24)25/h4-5,7-11,13H,2-3,6,12H2,1H3,(H2,20,21,23,27). The van der Waals surface area contributed by atoms with Crippen molar-refractivity contribution in [1.29, 1.82) is 0 Å². The lowest BCUT2D eigenvalue weighted by molar-refractivity contribution is -0.384. The Morgan fingerprint density at radius 2 is 1.96 bits per heavy atom. The van der Waals surface area contributed by atoms with Gasteiger partial charge in [0.05, 0.1) is 17.1 Å². The number of rotatable bonds is 8. The van der Waals surface area contributed by atoms with Crippen LogP contribution in [0.25, 0.3) is 0 Å². The Labute approximate surface area is 162 Å². The molecule has 0 fully saturated rings. The van der Waals surface area contributed by atoms with Crippen LogP contribution in [0.15, 0.2) is 48.5 Å². The van der Waals surface area contributed by atoms with Gasteiger partial charge in [-0.1, -0.05) is 38.0 Å². The van der Waals surface area contributed by atoms with E-state index in [2.05, 4.69) is 17.6 Å². The van der Waals surface area contributed by atoms with E-state index in [-0.39, 0.29) is 10.8 Å². The molecular formula is C19H21N3O4S. The number of non-ortho nitro benzene ring substituents is 1. The molecule has 2 N–H and O–H groups in total. The first kappa shape index (κ1) is 20.3. The third kappa shape index (κ3) is 6.34. The van der Waals surface area contributed by atoms with Crippen LogP contribution in [0.3, 0.4) is 0 Å². The zero-order valence-electron chi connectivity index (χ0n) is 14.9. The van der Waals surface area contributed by atoms with Crippen LogP contribution in [0, 0.1) is 10.1 Å². The van der Waals surface area contributed by atoms with Gasteiger partial charge >= 0.3 is 0 Å². The highest BCUT2D eigenvalue weighted by Crippen LogP contribution is 2.19. The summed E-state index contributed by atoms with van der Waals surface area (Å²) >= 11 is 5.13. The monoisotopic (exact) mass is 387 g/mol. The summed E-state index contributed by atoms with van der Waals surface area (Å²) in [7, 11) is 0. The van der Waals surface area contributed by atoms with Gasteiger partial charge in [0.1, 0.15) is 5.75 Å². The SMILES string of the molecule is CCCCCOc1ccccc1C(=O)NC(=S)Nc1cccc([N+](=O)[O-])c1. The minimum Gasteiger partial charge on any atom is -0.493 e. The molecule has 0 saturated heterocycles. The topological polar surface area (TPSA) is 93.5 Å². The summed E-state index contributed by atoms with van der Waals surface area (Å²) in [6.07, 6.45) is 3.06. The highest BCUT2D eigenvalue weighted by molar-refractivity contribution is 7.80. The number of nitro benzene ring substituents is 1. The largest absolute Gasteiger partial charge is 0.493 e. The summed E-state index contributed by atoms with van der Waals surface area (Å²) in [6.45, 7) is 2.64. The highest BCUT2D eigenvalue weighted by atomic mass is 32.1. The Kier molecular flexibility index (Phi) is 7.69. The number of carbonyl (C=O) groups is 1. The van der Waals surface area contributed by atoms with Crippen LogP contribution < -0.4 is 15.4 Å². The van der Waals surface area contributed by atoms with Gasteiger partial charge in [0.15, 0.2) is 5.11 Å². The maximum atomic E-state index is 12.5. The Hall–Kier alpha value is -3.00. The molecule has 0 unspecified atom stereocenters. The molecule has 0 saturated carbocycles. The zero-order valence-corrected chi connectivity index (χ0v) is 15.8. The van der Waals surface area contributed by atoms with E-state index in [1.807, 2.05) is 0 Å². The summed E-state index contributed by atoms with van der Waals surface area (Å²) in [6, 6.07) is 12.8. The molecule has 0 aromatic heterocycles. The van der Waals surface area contributed by atoms with Gasteiger partial charge in [-0.25, -0.2) is 0 Å². The number of thiocarbonyl (C=S) groups is 1. The van der Waals surface area contributed by atoms with Gasteiger partial charge in [-0.05, 0) is 36.8 Å². The van der Waals surface area contributed by atoms with E-state index in [4.69, 9.17) is 17.0 Å². The molecule has 2 aromatic carbocycles. The number of hydrogen-bond donors (Lipinski definition) is 2. The molecule has 2 aromatic rings. The number of nitrogens with zero attached hydrogens (tertiary/aromatic N) is 1. The second kappa shape index (κ2) is 10.2. The first-order valence-electron chi connectivity index (χ1n) is 8.60. The lowest BCUT2D eigenvalue weighted by Crippen LogP contribution is -2.34. The van der Waals surface area contributed by atoms with Gasteiger partial charge in [-0.3, -0.25) is 20.2 Å². The minimum absolute atomic E-state index is 0.0429. The predicted molar refractivity (Wildman–Crippen MR) is 108 cm³/mol. The first-order valence-corrected chi connectivity index (χ1v) is 9.00. The average Bonchev–Trinajstić information content (AvgIpc) is 2.65. The molecular weight excluding hydrogens is 366 g/mol. The highest BCUT2D eigenvalue weighted by Gasteiger charge is 2.14. The molecule has 0 aliphatic heterocycles. The lowest BCUT2D eigenvalue weighted by Gasteiger charge is -2.13. The third-order valence-corrected chi connectivity index (χ3v) is 3.88. The molecule has 0 aliphatic carbocycles. The van der Waals surface area contributed by atoms with Crippen molar-refractivity contribution < 1.29 is 14.5 Å². The number of anilines is 1. The summed E-state index contributed by atoms with van der Waals surface area (Å²) < 4.78 is 5.70. The number of para-hydroxylation sites is 1. The number of carbonyl (C=O) groups excluding carboxylic acids is 1. The van der Waals surface area contributed by atoms with E-state index in [0.29, 0.717) is 23.6 Å². The number of benzene rings is 2. The molecule has 0 aliphatic rings. The number of nitrogens with one attached hydrogen (secondary N) is 2. The van der Waals surface area contributed by atoms with E-state index < -0.39 is 10.8 Å². The van der Waals surface area contributed by atoms with Gasteiger partial charge in [-0.2, -0.15) is 0 Å². The van der Waals surface area contributed by atoms with Gasteiger partial charge in [0, 0.05) is 17.8 Å². The molecule has 142 valence electrons. The van der Waals surface area contributed by atoms with Crippen molar-refractivity contribution >= 4 is 34.6 Å². The smallest absolute Gasteiger partial charge is 0.271 e. The van der Waals surface area contributed by atoms with Crippen LogP contribution in [0.1, 0.15) is 36.5 Å². The van der Waals surface area contributed by atoms with E-state index >= 15 is 0 Å². The molecule has 0 heterocycles. The Morgan fingerprint density at radius 3 is 2.70 bits per heavy atom. The number of nitro groups is 1. The normalized spacial score (nSPS) is 10.1. The van der Waals surface area contributed by atoms with Crippen molar-refractivity contribution in [3.05, 3.63) is 64.2 Å². The molecule has 1 amide bonds. The fourth-order valence-electron chi connectivity index (χ4n) is 2.34. The molecule has 27 heavy (non-hydrogen) atoms. The number of hydrogen-bond acceptors (Lipinski definition) is 5. The zero-order chi connectivity index (χ0) is 19.6. The predicted octanol–water partition coefficient (Wildman–Crippen LogP) is 4.29. The third-order valence-electron chi connectivity index (χ3n) is 3.68. The van der Waals surface area contributed by atoms with Gasteiger partial charge in [0.25, 0.3) is 11.6 Å². The maximum absolute atomic E-state index is 12.5. The molecule has 2 rings (SSSR count). The Morgan fingerprint density at radius 1 is 1.19 bits per heavy atom. The van der Waals surface area contributed by atoms with E-state index in [9.17, 15) is 14.9 Å². The summed E-state index contributed by atoms with van der Waals surface area (Å²) in [5, 5.41) is 16.2. The number of unbranched alkanes of at least 4 members (excludes halogenated alkanes) is 2. The number of amides is 1. The molecule has 0 atom stereocenters. The maximum Gasteiger partial charge on any atom is 0.271 e. The molecule has 0 radical (unpaired) electrons. The van der Waals surface area contributed by atoms with E-state index in [1.165, 1.54) is 18.2 Å². The van der Waals surface area contributed by atoms with Crippen molar-refractivity contribution in [3.63, 3.8) is 0 Å². The van der Waals surface area contributed by atoms with Crippen LogP contribution in [-0.4, -0.2) is 22.5 Å². The summed E-state index contributed by atoms with van der Waals surface area (Å²) in [5.41, 5.74) is 0.718. The van der Waals surface area contributed by atoms with Crippen LogP contribution >= 0.6 is 12.2 Å². The van der Waals surface area contributed by atoms with Gasteiger partial charge in [-0.15, -0.1) is 0 Å². The molecule has 7 nitrogen and oxygen atoms in total. The van der Waals surface area contributed by atoms with Crippen LogP contribution in [0.2, 0.25) is 0 Å². The second-order valence-corrected chi connectivity index (χ2v) is 6.18. The molecule has 0 bridgehead atoms. The summed E-state index contributed by atoms with van der Waals surface area (Å²) in [4.78, 5) is 22.8. The Balaban J connectivity index is 1.99. The van der Waals surface area contributed by atoms with E-state index in [1.54, 1.807) is 30.3 Å². The van der Waals surface area contributed by atoms with Crippen molar-refractivity contribution in [2.45, 2.75) is 26.2 Å². The minimum atomic E-state index is -0.501. The van der Waals surface area contributed by atoms with E-state index in [0.717, 1.165) is 19.3 Å². The van der Waals surface area contributed by atoms with Crippen LogP contribution in [0.5, 0.6) is 5.75 Å². The van der Waals surface area contributed by atoms with Crippen LogP contribution in [-0.2, 0) is 0 Å². The van der Waals surface area contributed by atoms with Crippen molar-refractivity contribution in [3.8, 4) is 5.75 Å². The van der Waals surface area contributed by atoms with Crippen molar-refractivity contribution in [2.24, 2.45) is 0 Å². The van der Waals surface area contributed by atoms with Crippen LogP contribution in [0.4, 0.5) is 11.4 Å². The molecule has 8 heteroatoms. The fourth-order valence-corrected chi connectivity index (χ4v) is 2.55. The number of ether oxygens (including phenoxy) is 1. The van der Waals surface area contributed by atoms with Crippen molar-refractivity contribution in [1.82, 2.24) is 5.32 Å². The van der Waals surface area contributed by atoms with Crippen molar-refractivity contribution in [2.75, 3.05) is 11.9 Å². The quantitative estimate of drug-likeness (QED) is 0.304. The fraction of sp³-hybridized carbons (Fsp3) is 0.263.